The van der Waals surface area contributed by atoms with E-state index < -0.39 is 135 Å². The topological polar surface area (TPSA) is 337 Å². The lowest BCUT2D eigenvalue weighted by molar-refractivity contribution is -0.106. The predicted octanol–water partition coefficient (Wildman–Crippen LogP) is 12.0. The largest absolute Gasteiger partial charge is 0.404 e. The molecule has 0 spiro atoms. The molecule has 0 unspecified atom stereocenters. The zero-order valence-corrected chi connectivity index (χ0v) is 54.5. The highest BCUT2D eigenvalue weighted by Crippen LogP contribution is 2.32. The van der Waals surface area contributed by atoms with Crippen LogP contribution < -0.4 is 35.0 Å². The molecule has 11 rings (SSSR count). The van der Waals surface area contributed by atoms with Gasteiger partial charge >= 0.3 is 6.18 Å². The second kappa shape index (κ2) is 30.2. The standard InChI is InChI=1S/C26H26F2N6O4S.C17H15ClF2N4O3S.C16H10BrF5N4O3S/c1-2-11-39(36,37)33-20-5-4-19(27)23(24(20)28)26(35)31-18-12-17-13-21(32-25(17)30-15-18)16-3-6-22(29-14-16)34-7-9-38-10-8-34;18-12-2-3-13(24-28(26,27)7-1-5-19)15(20)14(12)17(25)23-11-8-10-4-6-21-16(10)22-9-11;17-9-5-24-14-8(9)3-7(4-23-14)25-15(27)12-10(18)1-2-11(13(12)19)26-30(28,29)6-16(20,21)22/h3-6,12-15,33H,2,7-11H2,1H3,(H,30,32)(H,31,35);2-4,6,8-9,24H,1,5,7H2,(H,21,22)(H,23,25);1-5,26H,6H2,(H,23,24)(H,25,27). The molecule has 97 heavy (non-hydrogen) atoms. The van der Waals surface area contributed by atoms with E-state index in [1.807, 2.05) is 22.9 Å². The Morgan fingerprint density at radius 3 is 1.71 bits per heavy atom. The molecule has 38 heteroatoms. The van der Waals surface area contributed by atoms with Crippen LogP contribution in [0.1, 0.15) is 50.8 Å². The van der Waals surface area contributed by atoms with Crippen molar-refractivity contribution in [3.05, 3.63) is 171 Å². The molecule has 0 bridgehead atoms. The minimum Gasteiger partial charge on any atom is -0.378 e. The van der Waals surface area contributed by atoms with Crippen molar-refractivity contribution in [2.24, 2.45) is 0 Å². The number of hydrogen-bond donors (Lipinski definition) is 9. The van der Waals surface area contributed by atoms with E-state index in [1.54, 1.807) is 43.7 Å². The van der Waals surface area contributed by atoms with Gasteiger partial charge in [0.2, 0.25) is 30.1 Å². The normalized spacial score (nSPS) is 12.7. The van der Waals surface area contributed by atoms with Gasteiger partial charge in [0.25, 0.3) is 17.7 Å². The Hall–Kier alpha value is -9.56. The van der Waals surface area contributed by atoms with Gasteiger partial charge in [0.05, 0.1) is 94.7 Å². The third kappa shape index (κ3) is 18.3. The fraction of sp³-hybridized carbons (Fsp3) is 0.203. The lowest BCUT2D eigenvalue weighted by atomic mass is 10.1. The highest BCUT2D eigenvalue weighted by molar-refractivity contribution is 9.10. The Morgan fingerprint density at radius 2 is 1.14 bits per heavy atom. The number of aromatic amines is 3. The fourth-order valence-electron chi connectivity index (χ4n) is 9.28. The number of nitrogens with zero attached hydrogens (tertiary/aromatic N) is 5. The average molecular weight is 1500 g/mol. The van der Waals surface area contributed by atoms with Crippen molar-refractivity contribution in [2.75, 3.05) is 85.3 Å². The highest BCUT2D eigenvalue weighted by atomic mass is 79.9. The van der Waals surface area contributed by atoms with E-state index in [1.165, 1.54) is 35.4 Å². The molecule has 1 aliphatic heterocycles. The lowest BCUT2D eigenvalue weighted by Gasteiger charge is -2.27. The first kappa shape index (κ1) is 71.7. The first-order chi connectivity index (χ1) is 45.9. The molecule has 24 nitrogen and oxygen atoms in total. The Labute approximate surface area is 557 Å². The molecule has 0 saturated carbocycles. The Bertz CT molecular complexity index is 4970. The fourth-order valence-corrected chi connectivity index (χ4v) is 13.1. The summed E-state index contributed by atoms with van der Waals surface area (Å²) in [6.45, 7) is 3.72. The molecule has 0 atom stereocenters. The van der Waals surface area contributed by atoms with Crippen LogP contribution in [0.5, 0.6) is 0 Å². The van der Waals surface area contributed by atoms with Gasteiger partial charge in [-0.25, -0.2) is 67.1 Å². The molecular formula is C59H51BrClF9N14O10S3. The molecular weight excluding hydrogens is 1450 g/mol. The summed E-state index contributed by atoms with van der Waals surface area (Å²) in [7, 11) is -12.9. The van der Waals surface area contributed by atoms with Gasteiger partial charge < -0.3 is 40.5 Å². The molecule has 7 aromatic heterocycles. The molecule has 1 saturated heterocycles. The molecule has 10 aromatic rings. The van der Waals surface area contributed by atoms with Crippen molar-refractivity contribution in [1.82, 2.24) is 34.9 Å². The smallest absolute Gasteiger partial charge is 0.378 e. The van der Waals surface area contributed by atoms with Crippen LogP contribution in [0.25, 0.3) is 44.4 Å². The second-order valence-corrected chi connectivity index (χ2v) is 27.5. The average Bonchev–Trinajstić information content (AvgIpc) is 1.21. The molecule has 9 N–H and O–H groups in total. The molecule has 8 heterocycles. The van der Waals surface area contributed by atoms with Crippen molar-refractivity contribution in [2.45, 2.75) is 25.9 Å². The number of halogens is 11. The van der Waals surface area contributed by atoms with Crippen LogP contribution in [-0.4, -0.2) is 134 Å². The summed E-state index contributed by atoms with van der Waals surface area (Å²) in [5.74, 6) is -12.0. The van der Waals surface area contributed by atoms with Gasteiger partial charge in [-0.05, 0) is 108 Å². The zero-order chi connectivity index (χ0) is 70.1. The maximum Gasteiger partial charge on any atom is 0.404 e. The van der Waals surface area contributed by atoms with Gasteiger partial charge in [-0.3, -0.25) is 32.9 Å². The third-order valence-electron chi connectivity index (χ3n) is 13.6. The first-order valence-electron chi connectivity index (χ1n) is 28.3. The maximum atomic E-state index is 15.0. The number of pyridine rings is 4. The molecule has 1 fully saturated rings. The van der Waals surface area contributed by atoms with Crippen LogP contribution in [0, 0.1) is 29.1 Å². The summed E-state index contributed by atoms with van der Waals surface area (Å²) in [6, 6.07) is 17.3. The molecule has 0 radical (unpaired) electrons. The van der Waals surface area contributed by atoms with E-state index in [-0.39, 0.29) is 28.6 Å². The zero-order valence-electron chi connectivity index (χ0n) is 49.7. The number of fused-ring (bicyclic) bond motifs is 3. The molecule has 3 aromatic carbocycles. The van der Waals surface area contributed by atoms with Gasteiger partial charge in [0.15, 0.2) is 23.2 Å². The number of nitrogens with one attached hydrogen (secondary N) is 9. The number of ether oxygens (including phenoxy) is 1. The number of carbonyl (C=O) groups excluding carboxylic acids is 3. The van der Waals surface area contributed by atoms with Crippen LogP contribution in [0.2, 0.25) is 5.02 Å². The number of amides is 3. The first-order valence-corrected chi connectivity index (χ1v) is 34.4. The summed E-state index contributed by atoms with van der Waals surface area (Å²) in [6.07, 6.45) is 3.94. The van der Waals surface area contributed by atoms with E-state index in [4.69, 9.17) is 16.3 Å². The van der Waals surface area contributed by atoms with E-state index >= 15 is 0 Å². The summed E-state index contributed by atoms with van der Waals surface area (Å²) in [4.78, 5) is 65.7. The Morgan fingerprint density at radius 1 is 0.619 bits per heavy atom. The van der Waals surface area contributed by atoms with E-state index in [0.717, 1.165) is 53.8 Å². The summed E-state index contributed by atoms with van der Waals surface area (Å²) >= 11 is 9.19. The minimum atomic E-state index is -5.08. The number of benzene rings is 3. The highest BCUT2D eigenvalue weighted by Gasteiger charge is 2.36. The number of aromatic nitrogens is 7. The quantitative estimate of drug-likeness (QED) is 0.0320. The maximum absolute atomic E-state index is 15.0. The van der Waals surface area contributed by atoms with Crippen molar-refractivity contribution < 1.29 is 83.9 Å². The van der Waals surface area contributed by atoms with Gasteiger partial charge in [-0.15, -0.1) is 0 Å². The van der Waals surface area contributed by atoms with Crippen LogP contribution in [0.3, 0.4) is 0 Å². The van der Waals surface area contributed by atoms with E-state index in [2.05, 4.69) is 76.4 Å². The summed E-state index contributed by atoms with van der Waals surface area (Å²) in [5, 5.41) is 8.87. The number of anilines is 7. The number of morpholine rings is 1. The molecule has 0 aliphatic carbocycles. The van der Waals surface area contributed by atoms with Crippen molar-refractivity contribution in [1.29, 1.82) is 0 Å². The number of rotatable bonds is 20. The van der Waals surface area contributed by atoms with Gasteiger partial charge in [-0.1, -0.05) is 18.5 Å². The van der Waals surface area contributed by atoms with Crippen LogP contribution in [0.4, 0.5) is 79.5 Å². The number of sulfonamides is 3. The monoisotopic (exact) mass is 1500 g/mol. The molecule has 512 valence electrons. The van der Waals surface area contributed by atoms with Crippen molar-refractivity contribution >= 4 is 148 Å². The third-order valence-corrected chi connectivity index (χ3v) is 18.7. The van der Waals surface area contributed by atoms with E-state index in [0.29, 0.717) is 69.6 Å². The van der Waals surface area contributed by atoms with Gasteiger partial charge in [-0.2, -0.15) is 13.2 Å². The summed E-state index contributed by atoms with van der Waals surface area (Å²) in [5.41, 5.74) is -0.786. The predicted molar refractivity (Wildman–Crippen MR) is 349 cm³/mol. The minimum absolute atomic E-state index is 0.0645. The Balaban J connectivity index is 0.000000174. The van der Waals surface area contributed by atoms with Crippen LogP contribution in [0.15, 0.2) is 121 Å². The lowest BCUT2D eigenvalue weighted by Crippen LogP contribution is -2.36. The van der Waals surface area contributed by atoms with Gasteiger partial charge in [0.1, 0.15) is 45.5 Å². The number of carbonyl (C=O) groups is 3. The van der Waals surface area contributed by atoms with E-state index in [9.17, 15) is 79.2 Å². The number of alkyl halides is 4. The van der Waals surface area contributed by atoms with Crippen LogP contribution in [-0.2, 0) is 34.8 Å². The SMILES string of the molecule is CCCS(=O)(=O)Nc1ccc(F)c(C(=O)Nc2cnc3[nH]c(-c4ccc(N5CCOCC5)nc4)cc3c2)c1F.O=C(Nc1cnc2[nH]cc(Br)c2c1)c1c(F)ccc(NS(=O)(=O)CC(F)(F)F)c1F.O=C(Nc1cnc2[nH]ccc2c1)c1c(Cl)ccc(NS(=O)(=O)CCCF)c1F. The second-order valence-electron chi connectivity index (χ2n) is 20.8. The summed E-state index contributed by atoms with van der Waals surface area (Å²) < 4.78 is 204. The number of H-pyrrole nitrogens is 3. The van der Waals surface area contributed by atoms with Crippen molar-refractivity contribution in [3.8, 4) is 11.3 Å². The molecule has 1 aliphatic rings. The number of hydrogen-bond acceptors (Lipinski definition) is 15. The van der Waals surface area contributed by atoms with Gasteiger partial charge in [0, 0.05) is 63.6 Å². The van der Waals surface area contributed by atoms with Crippen LogP contribution >= 0.6 is 27.5 Å². The molecule has 3 amide bonds. The Kier molecular flexibility index (Phi) is 22.4. The van der Waals surface area contributed by atoms with Crippen molar-refractivity contribution in [3.63, 3.8) is 0 Å².